The number of carbonyl (C=O) groups excluding carboxylic acids is 2. The molecule has 0 saturated carbocycles. The predicted molar refractivity (Wildman–Crippen MR) is 104 cm³/mol. The summed E-state index contributed by atoms with van der Waals surface area (Å²) in [5, 5.41) is 0. The third-order valence-corrected chi connectivity index (χ3v) is 4.80. The Labute approximate surface area is 152 Å². The highest BCUT2D eigenvalue weighted by molar-refractivity contribution is 6.51. The molecule has 0 spiro atoms. The molecule has 3 aromatic carbocycles. The fourth-order valence-corrected chi connectivity index (χ4v) is 3.36. The van der Waals surface area contributed by atoms with Gasteiger partial charge in [-0.1, -0.05) is 83.9 Å². The molecule has 0 N–H and O–H groups in total. The first-order chi connectivity index (χ1) is 12.6. The van der Waals surface area contributed by atoms with Crippen molar-refractivity contribution in [3.63, 3.8) is 0 Å². The molecule has 1 aliphatic carbocycles. The van der Waals surface area contributed by atoms with E-state index in [2.05, 4.69) is 0 Å². The second-order valence-corrected chi connectivity index (χ2v) is 6.69. The van der Waals surface area contributed by atoms with Gasteiger partial charge in [-0.15, -0.1) is 0 Å². The van der Waals surface area contributed by atoms with Crippen LogP contribution < -0.4 is 0 Å². The second-order valence-electron chi connectivity index (χ2n) is 6.69. The van der Waals surface area contributed by atoms with Crippen molar-refractivity contribution >= 4 is 22.7 Å². The van der Waals surface area contributed by atoms with Crippen LogP contribution in [0, 0.1) is 13.8 Å². The van der Waals surface area contributed by atoms with Crippen LogP contribution in [0.2, 0.25) is 0 Å². The second kappa shape index (κ2) is 6.23. The van der Waals surface area contributed by atoms with E-state index in [4.69, 9.17) is 0 Å². The molecule has 0 fully saturated rings. The number of fused-ring (bicyclic) bond motifs is 1. The van der Waals surface area contributed by atoms with Gasteiger partial charge in [0.25, 0.3) is 0 Å². The van der Waals surface area contributed by atoms with Gasteiger partial charge in [-0.3, -0.25) is 9.59 Å². The Morgan fingerprint density at radius 3 is 1.85 bits per heavy atom. The number of benzene rings is 3. The molecule has 0 aromatic heterocycles. The van der Waals surface area contributed by atoms with E-state index in [0.29, 0.717) is 22.3 Å². The Hall–Kier alpha value is -3.26. The minimum atomic E-state index is -0.112. The lowest BCUT2D eigenvalue weighted by atomic mass is 9.93. The normalized spacial score (nSPS) is 13.1. The number of hydrogen-bond acceptors (Lipinski definition) is 2. The van der Waals surface area contributed by atoms with Gasteiger partial charge in [-0.05, 0) is 25.0 Å². The van der Waals surface area contributed by atoms with Gasteiger partial charge in [0.1, 0.15) is 0 Å². The number of Topliss-reactive ketones (excluding diaryl/α,β-unsaturated/α-hetero) is 2. The highest BCUT2D eigenvalue weighted by Gasteiger charge is 2.34. The molecule has 2 nitrogen and oxygen atoms in total. The van der Waals surface area contributed by atoms with Gasteiger partial charge in [0.05, 0.1) is 0 Å². The minimum Gasteiger partial charge on any atom is -0.289 e. The molecule has 0 heterocycles. The number of ketones is 2. The molecule has 2 heteroatoms. The van der Waals surface area contributed by atoms with Crippen molar-refractivity contribution in [3.05, 3.63) is 106 Å². The van der Waals surface area contributed by atoms with Gasteiger partial charge in [0, 0.05) is 22.3 Å². The molecule has 26 heavy (non-hydrogen) atoms. The maximum absolute atomic E-state index is 13.3. The lowest BCUT2D eigenvalue weighted by Crippen LogP contribution is -2.04. The Morgan fingerprint density at radius 2 is 1.23 bits per heavy atom. The molecule has 0 unspecified atom stereocenters. The first-order valence-electron chi connectivity index (χ1n) is 8.63. The van der Waals surface area contributed by atoms with Crippen molar-refractivity contribution in [2.75, 3.05) is 0 Å². The topological polar surface area (TPSA) is 34.1 Å². The Balaban J connectivity index is 1.95. The van der Waals surface area contributed by atoms with Crippen molar-refractivity contribution in [3.8, 4) is 0 Å². The zero-order chi connectivity index (χ0) is 18.3. The molecule has 0 aliphatic heterocycles. The lowest BCUT2D eigenvalue weighted by Gasteiger charge is -2.08. The summed E-state index contributed by atoms with van der Waals surface area (Å²) in [4.78, 5) is 26.4. The number of allylic oxidation sites excluding steroid dienone is 2. The lowest BCUT2D eigenvalue weighted by molar-refractivity contribution is 0.104. The van der Waals surface area contributed by atoms with Crippen LogP contribution in [0.15, 0.2) is 72.8 Å². The van der Waals surface area contributed by atoms with Gasteiger partial charge in [-0.2, -0.15) is 0 Å². The van der Waals surface area contributed by atoms with Crippen LogP contribution in [0.1, 0.15) is 43.0 Å². The van der Waals surface area contributed by atoms with E-state index in [1.807, 2.05) is 80.6 Å². The number of rotatable bonds is 3. The smallest absolute Gasteiger partial charge is 0.195 e. The fourth-order valence-electron chi connectivity index (χ4n) is 3.36. The molecular formula is C24H18O2. The Bertz CT molecular complexity index is 1050. The summed E-state index contributed by atoms with van der Waals surface area (Å²) in [5.41, 5.74) is 5.90. The van der Waals surface area contributed by atoms with Crippen molar-refractivity contribution in [2.24, 2.45) is 0 Å². The van der Waals surface area contributed by atoms with Crippen LogP contribution in [-0.2, 0) is 0 Å². The standard InChI is InChI=1S/C24H18O2/c1-15-7-11-17(12-8-15)21-22(19-5-3-4-6-20(19)24(21)26)23(25)18-13-9-16(2)10-14-18/h3-14H,1-2H3. The zero-order valence-corrected chi connectivity index (χ0v) is 14.7. The third kappa shape index (κ3) is 2.60. The fraction of sp³-hybridized carbons (Fsp3) is 0.0833. The maximum atomic E-state index is 13.3. The molecule has 1 aliphatic rings. The minimum absolute atomic E-state index is 0.0834. The summed E-state index contributed by atoms with van der Waals surface area (Å²) in [7, 11) is 0. The molecule has 0 radical (unpaired) electrons. The summed E-state index contributed by atoms with van der Waals surface area (Å²) >= 11 is 0. The summed E-state index contributed by atoms with van der Waals surface area (Å²) in [6.07, 6.45) is 0. The first-order valence-corrected chi connectivity index (χ1v) is 8.63. The van der Waals surface area contributed by atoms with E-state index >= 15 is 0 Å². The number of aryl methyl sites for hydroxylation is 2. The average Bonchev–Trinajstić information content (AvgIpc) is 2.95. The maximum Gasteiger partial charge on any atom is 0.195 e. The molecule has 0 atom stereocenters. The summed E-state index contributed by atoms with van der Waals surface area (Å²) in [6.45, 7) is 3.99. The highest BCUT2D eigenvalue weighted by Crippen LogP contribution is 2.40. The molecule has 0 amide bonds. The quantitative estimate of drug-likeness (QED) is 0.608. The van der Waals surface area contributed by atoms with Gasteiger partial charge in [0.15, 0.2) is 11.6 Å². The largest absolute Gasteiger partial charge is 0.289 e. The third-order valence-electron chi connectivity index (χ3n) is 4.80. The van der Waals surface area contributed by atoms with Crippen LogP contribution in [0.3, 0.4) is 0 Å². The van der Waals surface area contributed by atoms with Crippen molar-refractivity contribution in [1.29, 1.82) is 0 Å². The van der Waals surface area contributed by atoms with Crippen LogP contribution >= 0.6 is 0 Å². The molecule has 0 saturated heterocycles. The van der Waals surface area contributed by atoms with Crippen molar-refractivity contribution < 1.29 is 9.59 Å². The van der Waals surface area contributed by atoms with Crippen molar-refractivity contribution in [2.45, 2.75) is 13.8 Å². The molecular weight excluding hydrogens is 320 g/mol. The molecule has 0 bridgehead atoms. The van der Waals surface area contributed by atoms with Gasteiger partial charge in [-0.25, -0.2) is 0 Å². The van der Waals surface area contributed by atoms with Crippen LogP contribution in [-0.4, -0.2) is 11.6 Å². The van der Waals surface area contributed by atoms with E-state index in [9.17, 15) is 9.59 Å². The van der Waals surface area contributed by atoms with Crippen LogP contribution in [0.25, 0.3) is 11.1 Å². The van der Waals surface area contributed by atoms with Crippen molar-refractivity contribution in [1.82, 2.24) is 0 Å². The number of hydrogen-bond donors (Lipinski definition) is 0. The Kier molecular flexibility index (Phi) is 3.89. The van der Waals surface area contributed by atoms with Crippen LogP contribution in [0.5, 0.6) is 0 Å². The van der Waals surface area contributed by atoms with Gasteiger partial charge < -0.3 is 0 Å². The van der Waals surface area contributed by atoms with E-state index < -0.39 is 0 Å². The molecule has 126 valence electrons. The van der Waals surface area contributed by atoms with E-state index in [1.165, 1.54) is 0 Å². The SMILES string of the molecule is Cc1ccc(C(=O)C2=C(c3ccc(C)cc3)C(=O)c3ccccc32)cc1. The first kappa shape index (κ1) is 16.2. The summed E-state index contributed by atoms with van der Waals surface area (Å²) < 4.78 is 0. The van der Waals surface area contributed by atoms with Crippen LogP contribution in [0.4, 0.5) is 0 Å². The predicted octanol–water partition coefficient (Wildman–Crippen LogP) is 5.29. The highest BCUT2D eigenvalue weighted by atomic mass is 16.1. The average molecular weight is 338 g/mol. The number of carbonyl (C=O) groups is 2. The summed E-state index contributed by atoms with van der Waals surface area (Å²) in [5.74, 6) is -0.196. The van der Waals surface area contributed by atoms with Gasteiger partial charge >= 0.3 is 0 Å². The Morgan fingerprint density at radius 1 is 0.692 bits per heavy atom. The van der Waals surface area contributed by atoms with E-state index in [0.717, 1.165) is 22.3 Å². The molecule has 3 aromatic rings. The zero-order valence-electron chi connectivity index (χ0n) is 14.7. The molecule has 4 rings (SSSR count). The van der Waals surface area contributed by atoms with Gasteiger partial charge in [0.2, 0.25) is 0 Å². The van der Waals surface area contributed by atoms with E-state index in [-0.39, 0.29) is 11.6 Å². The monoisotopic (exact) mass is 338 g/mol. The summed E-state index contributed by atoms with van der Waals surface area (Å²) in [6, 6.07) is 22.6. The van der Waals surface area contributed by atoms with E-state index in [1.54, 1.807) is 6.07 Å².